The minimum absolute atomic E-state index is 0. The number of carbonyl (C=O) groups is 3. The van der Waals surface area contributed by atoms with Crippen molar-refractivity contribution < 1.29 is 119 Å². The van der Waals surface area contributed by atoms with Crippen molar-refractivity contribution in [3.63, 3.8) is 0 Å². The number of carbonyl (C=O) groups excluding carboxylic acids is 3. The summed E-state index contributed by atoms with van der Waals surface area (Å²) in [5.41, 5.74) is 8.75. The predicted molar refractivity (Wildman–Crippen MR) is 319 cm³/mol. The van der Waals surface area contributed by atoms with Gasteiger partial charge in [0.2, 0.25) is 0 Å². The molecule has 12 aromatic rings. The van der Waals surface area contributed by atoms with Crippen LogP contribution in [0.5, 0.6) is 0 Å². The second-order valence-electron chi connectivity index (χ2n) is 18.7. The van der Waals surface area contributed by atoms with Crippen LogP contribution in [-0.4, -0.2) is 55.0 Å². The van der Waals surface area contributed by atoms with Gasteiger partial charge in [-0.25, -0.2) is 0 Å². The van der Waals surface area contributed by atoms with Gasteiger partial charge in [-0.3, -0.25) is 24.4 Å². The van der Waals surface area contributed by atoms with E-state index >= 15 is 0 Å². The standard InChI is InChI=1S/C36H22N4.3C8H5F3O2S.C5H12.Eu/c1-5-13-29-23(9-1)24-10-2-6-14-30(24)39(29)33-19-21-37-35-27(33)17-18-28-34(20-22-38-36(28)35)40-31-15-7-3-11-25(31)26-12-4-8-16-32(26)40;3*9-8(10,11)7(13)4-5(12)6-2-1-3-14-6;1-3-5-4-2;/h1-22H;3*1-4,13H;3-5H2,1-2H3;/q;;;;;+3/p-3/b;3*7-4-;;. The predicted octanol–water partition coefficient (Wildman–Crippen LogP) is 16.4. The molecule has 7 aromatic heterocycles. The number of unbranched alkanes of at least 4 members (excludes halogenated alkanes) is 2. The number of pyridine rings is 2. The largest absolute Gasteiger partial charge is 3.00 e. The number of hydrogen-bond donors (Lipinski definition) is 0. The molecule has 0 unspecified atom stereocenters. The minimum atomic E-state index is -4.98. The zero-order valence-corrected chi connectivity index (χ0v) is 50.9. The molecule has 0 aliphatic heterocycles. The molecule has 0 fully saturated rings. The van der Waals surface area contributed by atoms with Crippen molar-refractivity contribution in [2.75, 3.05) is 0 Å². The Morgan fingerprint density at radius 3 is 0.909 bits per heavy atom. The van der Waals surface area contributed by atoms with Crippen molar-refractivity contribution in [3.05, 3.63) is 236 Å². The zero-order chi connectivity index (χ0) is 62.6. The zero-order valence-electron chi connectivity index (χ0n) is 46.0. The van der Waals surface area contributed by atoms with Gasteiger partial charge in [-0.1, -0.05) is 124 Å². The second kappa shape index (κ2) is 29.9. The summed E-state index contributed by atoms with van der Waals surface area (Å²) >= 11 is 2.95. The van der Waals surface area contributed by atoms with E-state index in [1.165, 1.54) is 99.3 Å². The Kier molecular flexibility index (Phi) is 23.0. The first-order valence-electron chi connectivity index (χ1n) is 26.3. The van der Waals surface area contributed by atoms with Gasteiger partial charge in [0.25, 0.3) is 0 Å². The minimum Gasteiger partial charge on any atom is -0.869 e. The first kappa shape index (κ1) is 67.7. The van der Waals surface area contributed by atoms with Gasteiger partial charge < -0.3 is 24.5 Å². The maximum atomic E-state index is 11.7. The molecule has 0 radical (unpaired) electrons. The Balaban J connectivity index is 0.000000190. The van der Waals surface area contributed by atoms with Gasteiger partial charge in [0.15, 0.2) is 17.3 Å². The van der Waals surface area contributed by atoms with Crippen LogP contribution in [0.2, 0.25) is 0 Å². The van der Waals surface area contributed by atoms with Gasteiger partial charge in [0, 0.05) is 44.7 Å². The SMILES string of the molecule is CCCCC.O=C(/C=C(\[O-])C(F)(F)F)c1cccs1.O=C(/C=C(\[O-])C(F)(F)F)c1cccs1.O=C(/C=C(\[O-])C(F)(F)F)c1cccs1.[Eu+3].c1ccc2c(c1)c1ccccc1n2-c1ccnc2c1ccc1c(-n3c4ccccc4c4ccccc43)ccnc12. The van der Waals surface area contributed by atoms with Crippen molar-refractivity contribution in [2.24, 2.45) is 0 Å². The molecule has 88 heavy (non-hydrogen) atoms. The van der Waals surface area contributed by atoms with Crippen LogP contribution in [0, 0.1) is 49.4 Å². The fourth-order valence-electron chi connectivity index (χ4n) is 8.98. The molecule has 0 spiro atoms. The van der Waals surface area contributed by atoms with Crippen molar-refractivity contribution in [2.45, 2.75) is 51.6 Å². The molecule has 10 nitrogen and oxygen atoms in total. The third kappa shape index (κ3) is 16.1. The van der Waals surface area contributed by atoms with Crippen molar-refractivity contribution in [1.82, 2.24) is 19.1 Å². The van der Waals surface area contributed by atoms with E-state index in [-0.39, 0.29) is 82.2 Å². The third-order valence-corrected chi connectivity index (χ3v) is 15.5. The number of nitrogens with zero attached hydrogens (tertiary/aromatic N) is 4. The van der Waals surface area contributed by atoms with Crippen molar-refractivity contribution >= 4 is 117 Å². The normalized spacial score (nSPS) is 12.1. The monoisotopic (exact) mass is 1400 g/mol. The molecule has 0 saturated heterocycles. The third-order valence-electron chi connectivity index (χ3n) is 12.8. The van der Waals surface area contributed by atoms with E-state index in [1.807, 2.05) is 12.4 Å². The first-order chi connectivity index (χ1) is 41.5. The quantitative estimate of drug-likeness (QED) is 0.0431. The number of benzene rings is 5. The van der Waals surface area contributed by atoms with Crippen LogP contribution < -0.4 is 15.3 Å². The van der Waals surface area contributed by atoms with Gasteiger partial charge in [-0.05, 0) is 118 Å². The van der Waals surface area contributed by atoms with E-state index in [4.69, 9.17) is 9.97 Å². The van der Waals surface area contributed by atoms with Gasteiger partial charge in [0.05, 0.1) is 59.1 Å². The number of ketones is 3. The Morgan fingerprint density at radius 2 is 0.682 bits per heavy atom. The maximum Gasteiger partial charge on any atom is 3.00 e. The van der Waals surface area contributed by atoms with Crippen LogP contribution in [0.1, 0.15) is 62.1 Å². The number of aromatic nitrogens is 4. The Morgan fingerprint density at radius 1 is 0.409 bits per heavy atom. The van der Waals surface area contributed by atoms with Crippen LogP contribution in [0.3, 0.4) is 0 Å². The Labute approximate surface area is 549 Å². The molecular weight excluding hydrogens is 1350 g/mol. The molecule has 0 bridgehead atoms. The molecule has 12 rings (SSSR count). The fraction of sp³-hybridized carbons (Fsp3) is 0.123. The van der Waals surface area contributed by atoms with Crippen molar-refractivity contribution in [3.8, 4) is 11.4 Å². The van der Waals surface area contributed by atoms with E-state index in [0.717, 1.165) is 67.2 Å². The second-order valence-corrected chi connectivity index (χ2v) is 21.5. The summed E-state index contributed by atoms with van der Waals surface area (Å²) in [6, 6.07) is 51.7. The molecule has 5 aromatic carbocycles. The summed E-state index contributed by atoms with van der Waals surface area (Å²) in [6.45, 7) is 4.42. The van der Waals surface area contributed by atoms with E-state index in [9.17, 15) is 69.2 Å². The summed E-state index contributed by atoms with van der Waals surface area (Å²) in [5.74, 6) is -9.13. The Hall–Kier alpha value is -7.80. The summed E-state index contributed by atoms with van der Waals surface area (Å²) in [6.07, 6.45) is -6.85. The number of para-hydroxylation sites is 4. The topological polar surface area (TPSA) is 156 Å². The average Bonchev–Trinajstić information content (AvgIpc) is 1.68. The number of alkyl halides is 9. The molecule has 23 heteroatoms. The van der Waals surface area contributed by atoms with E-state index in [1.54, 1.807) is 16.1 Å². The van der Waals surface area contributed by atoms with Crippen LogP contribution in [0.4, 0.5) is 39.5 Å². The summed E-state index contributed by atoms with van der Waals surface area (Å²) in [4.78, 5) is 43.1. The Bertz CT molecular complexity index is 4020. The molecule has 0 N–H and O–H groups in total. The molecule has 7 heterocycles. The number of halogens is 9. The number of thiophene rings is 3. The van der Waals surface area contributed by atoms with Crippen molar-refractivity contribution in [1.29, 1.82) is 0 Å². The van der Waals surface area contributed by atoms with Crippen LogP contribution in [-0.2, 0) is 0 Å². The van der Waals surface area contributed by atoms with Gasteiger partial charge in [-0.2, -0.15) is 39.5 Å². The van der Waals surface area contributed by atoms with Crippen LogP contribution >= 0.6 is 34.0 Å². The van der Waals surface area contributed by atoms with Crippen LogP contribution in [0.25, 0.3) is 76.8 Å². The van der Waals surface area contributed by atoms with Crippen LogP contribution in [0.15, 0.2) is 222 Å². The average molecular weight is 1400 g/mol. The van der Waals surface area contributed by atoms with E-state index in [0.29, 0.717) is 0 Å². The molecule has 0 aliphatic carbocycles. The number of fused-ring (bicyclic) bond motifs is 9. The molecule has 0 saturated carbocycles. The van der Waals surface area contributed by atoms with Gasteiger partial charge in [0.1, 0.15) is 0 Å². The summed E-state index contributed by atoms with van der Waals surface area (Å²) in [5, 5.41) is 42.9. The molecule has 0 aliphatic rings. The van der Waals surface area contributed by atoms with Gasteiger partial charge >= 0.3 is 67.9 Å². The van der Waals surface area contributed by atoms with E-state index in [2.05, 4.69) is 144 Å². The van der Waals surface area contributed by atoms with E-state index < -0.39 is 53.2 Å². The summed E-state index contributed by atoms with van der Waals surface area (Å²) < 4.78 is 110. The first-order valence-corrected chi connectivity index (χ1v) is 28.9. The number of allylic oxidation sites excluding steroid dienone is 6. The number of rotatable bonds is 10. The molecular formula is C65H46EuF9N4O6S3. The maximum absolute atomic E-state index is 11.7. The smallest absolute Gasteiger partial charge is 0.869 e. The fourth-order valence-corrected chi connectivity index (χ4v) is 10.9. The molecule has 0 amide bonds. The molecule has 450 valence electrons. The number of hydrogen-bond acceptors (Lipinski definition) is 11. The van der Waals surface area contributed by atoms with Gasteiger partial charge in [-0.15, -0.1) is 34.0 Å². The molecule has 0 atom stereocenters. The summed E-state index contributed by atoms with van der Waals surface area (Å²) in [7, 11) is 0.